The first-order valence-electron chi connectivity index (χ1n) is 11.0. The zero-order valence-corrected chi connectivity index (χ0v) is 19.2. The molecule has 1 aromatic carbocycles. The normalized spacial score (nSPS) is 15.5. The number of aromatic nitrogens is 3. The second-order valence-electron chi connectivity index (χ2n) is 8.00. The number of ether oxygens (including phenoxy) is 1. The summed E-state index contributed by atoms with van der Waals surface area (Å²) in [6.45, 7) is 0.525. The van der Waals surface area contributed by atoms with Gasteiger partial charge in [-0.25, -0.2) is 15.0 Å². The molecule has 0 radical (unpaired) electrons. The van der Waals surface area contributed by atoms with E-state index >= 15 is 0 Å². The molecule has 4 rings (SSSR count). The Kier molecular flexibility index (Phi) is 7.17. The molecule has 1 saturated heterocycles. The molecule has 0 bridgehead atoms. The minimum atomic E-state index is -4.79. The number of nitrogens with one attached hydrogen (secondary N) is 1. The molecular formula is C23H22F4N6O3. The van der Waals surface area contributed by atoms with Crippen LogP contribution in [0, 0.1) is 5.95 Å². The summed E-state index contributed by atoms with van der Waals surface area (Å²) in [6.07, 6.45) is -3.66. The number of halogens is 4. The van der Waals surface area contributed by atoms with Crippen molar-refractivity contribution in [3.05, 3.63) is 53.9 Å². The van der Waals surface area contributed by atoms with Crippen LogP contribution in [0.4, 0.5) is 23.4 Å². The van der Waals surface area contributed by atoms with Gasteiger partial charge < -0.3 is 19.9 Å². The van der Waals surface area contributed by atoms with Crippen molar-refractivity contribution in [1.29, 1.82) is 0 Å². The second-order valence-corrected chi connectivity index (χ2v) is 8.00. The molecule has 0 spiro atoms. The zero-order chi connectivity index (χ0) is 25.9. The lowest BCUT2D eigenvalue weighted by molar-refractivity contribution is -0.144. The van der Waals surface area contributed by atoms with Crippen LogP contribution in [-0.4, -0.2) is 71.5 Å². The van der Waals surface area contributed by atoms with Gasteiger partial charge >= 0.3 is 6.18 Å². The van der Waals surface area contributed by atoms with Gasteiger partial charge in [-0.3, -0.25) is 9.59 Å². The molecule has 13 heteroatoms. The van der Waals surface area contributed by atoms with E-state index in [0.29, 0.717) is 11.1 Å². The predicted molar refractivity (Wildman–Crippen MR) is 121 cm³/mol. The number of alkyl halides is 3. The van der Waals surface area contributed by atoms with E-state index in [2.05, 4.69) is 20.3 Å². The van der Waals surface area contributed by atoms with E-state index in [-0.39, 0.29) is 61.9 Å². The van der Waals surface area contributed by atoms with Crippen LogP contribution in [0.5, 0.6) is 5.75 Å². The van der Waals surface area contributed by atoms with E-state index in [0.717, 1.165) is 12.3 Å². The van der Waals surface area contributed by atoms with E-state index in [4.69, 9.17) is 4.74 Å². The largest absolute Gasteiger partial charge is 0.497 e. The highest BCUT2D eigenvalue weighted by atomic mass is 19.4. The van der Waals surface area contributed by atoms with Crippen LogP contribution >= 0.6 is 0 Å². The highest BCUT2D eigenvalue weighted by Crippen LogP contribution is 2.33. The van der Waals surface area contributed by atoms with Crippen molar-refractivity contribution in [2.24, 2.45) is 0 Å². The molecule has 2 aromatic heterocycles. The molecule has 9 nitrogen and oxygen atoms in total. The number of amides is 2. The Morgan fingerprint density at radius 3 is 2.58 bits per heavy atom. The highest BCUT2D eigenvalue weighted by Gasteiger charge is 2.36. The number of carbonyl (C=O) groups is 2. The summed E-state index contributed by atoms with van der Waals surface area (Å²) in [4.78, 5) is 39.2. The van der Waals surface area contributed by atoms with Gasteiger partial charge in [0.25, 0.3) is 5.91 Å². The number of hydrogen-bond acceptors (Lipinski definition) is 7. The molecule has 0 unspecified atom stereocenters. The maximum absolute atomic E-state index is 13.6. The summed E-state index contributed by atoms with van der Waals surface area (Å²) in [5.74, 6) is -2.46. The van der Waals surface area contributed by atoms with Crippen molar-refractivity contribution < 1.29 is 31.9 Å². The number of pyridine rings is 1. The number of rotatable bonds is 3. The van der Waals surface area contributed by atoms with Crippen LogP contribution in [0.2, 0.25) is 0 Å². The number of methoxy groups -OCH3 is 1. The smallest absolute Gasteiger partial charge is 0.451 e. The zero-order valence-electron chi connectivity index (χ0n) is 19.2. The lowest BCUT2D eigenvalue weighted by Gasteiger charge is -2.31. The van der Waals surface area contributed by atoms with Crippen LogP contribution < -0.4 is 15.0 Å². The van der Waals surface area contributed by atoms with Crippen LogP contribution in [-0.2, 0) is 11.0 Å². The van der Waals surface area contributed by atoms with Gasteiger partial charge in [-0.2, -0.15) is 17.6 Å². The third-order valence-electron chi connectivity index (χ3n) is 5.65. The fourth-order valence-electron chi connectivity index (χ4n) is 3.81. The van der Waals surface area contributed by atoms with E-state index < -0.39 is 23.9 Å². The summed E-state index contributed by atoms with van der Waals surface area (Å²) in [6, 6.07) is 6.78. The monoisotopic (exact) mass is 506 g/mol. The first kappa shape index (κ1) is 25.1. The molecule has 190 valence electrons. The Bertz CT molecular complexity index is 1270. The molecule has 1 aliphatic heterocycles. The molecular weight excluding hydrogens is 484 g/mol. The number of anilines is 1. The number of nitrogens with zero attached hydrogens (tertiary/aromatic N) is 5. The third kappa shape index (κ3) is 5.61. The third-order valence-corrected chi connectivity index (χ3v) is 5.65. The topological polar surface area (TPSA) is 101 Å². The molecule has 1 fully saturated rings. The Labute approximate surface area is 203 Å². The number of fused-ring (bicyclic) bond motifs is 1. The minimum Gasteiger partial charge on any atom is -0.497 e. The summed E-state index contributed by atoms with van der Waals surface area (Å²) in [5, 5.41) is 3.03. The number of benzene rings is 1. The van der Waals surface area contributed by atoms with Gasteiger partial charge in [-0.1, -0.05) is 0 Å². The standard InChI is InChI=1S/C23H22F4N6O3/c1-36-15-3-4-17-16(12-15)20(31-22(30-17)23(25,26)27)32-9-7-28-19(34)6-8-33(11-10-32)21(35)14-2-5-18(24)29-13-14/h2-5,12-13H,6-11H2,1H3,(H,28,34). The van der Waals surface area contributed by atoms with Crippen LogP contribution in [0.3, 0.4) is 0 Å². The van der Waals surface area contributed by atoms with Gasteiger partial charge in [0.15, 0.2) is 0 Å². The number of carbonyl (C=O) groups excluding carboxylic acids is 2. The van der Waals surface area contributed by atoms with Crippen LogP contribution in [0.1, 0.15) is 22.6 Å². The van der Waals surface area contributed by atoms with E-state index in [9.17, 15) is 27.2 Å². The second kappa shape index (κ2) is 10.3. The molecule has 3 heterocycles. The predicted octanol–water partition coefficient (Wildman–Crippen LogP) is 2.66. The quantitative estimate of drug-likeness (QED) is 0.431. The molecule has 1 N–H and O–H groups in total. The van der Waals surface area contributed by atoms with Crippen molar-refractivity contribution in [3.8, 4) is 5.75 Å². The van der Waals surface area contributed by atoms with Gasteiger partial charge in [-0.05, 0) is 30.3 Å². The van der Waals surface area contributed by atoms with Gasteiger partial charge in [0, 0.05) is 50.7 Å². The summed E-state index contributed by atoms with van der Waals surface area (Å²) >= 11 is 0. The minimum absolute atomic E-state index is 0.00287. The van der Waals surface area contributed by atoms with Crippen LogP contribution in [0.25, 0.3) is 10.9 Å². The van der Waals surface area contributed by atoms with E-state index in [1.54, 1.807) is 4.90 Å². The average molecular weight is 506 g/mol. The molecule has 1 aliphatic rings. The highest BCUT2D eigenvalue weighted by molar-refractivity contribution is 5.94. The van der Waals surface area contributed by atoms with Gasteiger partial charge in [0.1, 0.15) is 11.6 Å². The van der Waals surface area contributed by atoms with Crippen LogP contribution in [0.15, 0.2) is 36.5 Å². The van der Waals surface area contributed by atoms with Gasteiger partial charge in [-0.15, -0.1) is 0 Å². The maximum Gasteiger partial charge on any atom is 0.451 e. The van der Waals surface area contributed by atoms with Crippen molar-refractivity contribution in [2.75, 3.05) is 44.7 Å². The first-order chi connectivity index (χ1) is 17.2. The molecule has 0 saturated carbocycles. The van der Waals surface area contributed by atoms with E-state index in [1.807, 2.05) is 0 Å². The SMILES string of the molecule is COc1ccc2nc(C(F)(F)F)nc(N3CCNC(=O)CCN(C(=O)c4ccc(F)nc4)CC3)c2c1. The van der Waals surface area contributed by atoms with Crippen molar-refractivity contribution in [2.45, 2.75) is 12.6 Å². The summed E-state index contributed by atoms with van der Waals surface area (Å²) < 4.78 is 59.2. The summed E-state index contributed by atoms with van der Waals surface area (Å²) in [5.41, 5.74) is 0.191. The van der Waals surface area contributed by atoms with Crippen molar-refractivity contribution in [3.63, 3.8) is 0 Å². The van der Waals surface area contributed by atoms with E-state index in [1.165, 1.54) is 36.3 Å². The molecule has 0 atom stereocenters. The molecule has 3 aromatic rings. The Morgan fingerprint density at radius 2 is 1.89 bits per heavy atom. The maximum atomic E-state index is 13.6. The Morgan fingerprint density at radius 1 is 1.08 bits per heavy atom. The van der Waals surface area contributed by atoms with Gasteiger partial charge in [0.2, 0.25) is 17.7 Å². The molecule has 2 amide bonds. The first-order valence-corrected chi connectivity index (χ1v) is 11.0. The average Bonchev–Trinajstić information content (AvgIpc) is 2.86. The molecule has 0 aliphatic carbocycles. The lowest BCUT2D eigenvalue weighted by Crippen LogP contribution is -2.45. The van der Waals surface area contributed by atoms with Crippen molar-refractivity contribution in [1.82, 2.24) is 25.2 Å². The Balaban J connectivity index is 1.72. The number of hydrogen-bond donors (Lipinski definition) is 1. The Hall–Kier alpha value is -4.03. The fourth-order valence-corrected chi connectivity index (χ4v) is 3.81. The lowest BCUT2D eigenvalue weighted by atomic mass is 10.2. The molecule has 36 heavy (non-hydrogen) atoms. The fraction of sp³-hybridized carbons (Fsp3) is 0.348. The van der Waals surface area contributed by atoms with Gasteiger partial charge in [0.05, 0.1) is 18.2 Å². The van der Waals surface area contributed by atoms with Crippen molar-refractivity contribution >= 4 is 28.5 Å². The summed E-state index contributed by atoms with van der Waals surface area (Å²) in [7, 11) is 1.43.